The molecule has 0 aromatic heterocycles. The summed E-state index contributed by atoms with van der Waals surface area (Å²) >= 11 is 0. The Morgan fingerprint density at radius 1 is 1.35 bits per heavy atom. The molecule has 2 atom stereocenters. The summed E-state index contributed by atoms with van der Waals surface area (Å²) in [6, 6.07) is 0.401. The highest BCUT2D eigenvalue weighted by atomic mass is 32.2. The van der Waals surface area contributed by atoms with Crippen molar-refractivity contribution in [1.29, 1.82) is 0 Å². The molecule has 0 saturated carbocycles. The molecule has 2 heterocycles. The van der Waals surface area contributed by atoms with Gasteiger partial charge in [-0.3, -0.25) is 0 Å². The monoisotopic (exact) mass is 260 g/mol. The van der Waals surface area contributed by atoms with Gasteiger partial charge in [0.15, 0.2) is 0 Å². The van der Waals surface area contributed by atoms with Gasteiger partial charge in [0.2, 0.25) is 10.0 Å². The lowest BCUT2D eigenvalue weighted by Gasteiger charge is -2.24. The molecule has 0 aromatic carbocycles. The van der Waals surface area contributed by atoms with Crippen molar-refractivity contribution in [3.63, 3.8) is 0 Å². The first-order valence-electron chi connectivity index (χ1n) is 6.70. The quantitative estimate of drug-likeness (QED) is 0.822. The summed E-state index contributed by atoms with van der Waals surface area (Å²) < 4.78 is 26.1. The molecule has 0 bridgehead atoms. The van der Waals surface area contributed by atoms with E-state index in [-0.39, 0.29) is 0 Å². The molecule has 0 unspecified atom stereocenters. The first-order valence-corrected chi connectivity index (χ1v) is 8.31. The molecule has 0 amide bonds. The highest BCUT2D eigenvalue weighted by molar-refractivity contribution is 7.89. The number of nitrogens with zero attached hydrogens (tertiary/aromatic N) is 1. The molecule has 2 saturated heterocycles. The second-order valence-electron chi connectivity index (χ2n) is 5.78. The smallest absolute Gasteiger partial charge is 0.214 e. The van der Waals surface area contributed by atoms with Gasteiger partial charge in [0, 0.05) is 19.1 Å². The molecule has 2 aliphatic rings. The lowest BCUT2D eigenvalue weighted by molar-refractivity contribution is 0.339. The van der Waals surface area contributed by atoms with Gasteiger partial charge in [-0.2, -0.15) is 0 Å². The molecule has 2 fully saturated rings. The van der Waals surface area contributed by atoms with Crippen molar-refractivity contribution in [2.75, 3.05) is 25.4 Å². The Bertz CT molecular complexity index is 340. The van der Waals surface area contributed by atoms with Crippen LogP contribution in [0.4, 0.5) is 0 Å². The largest absolute Gasteiger partial charge is 0.312 e. The molecule has 4 nitrogen and oxygen atoms in total. The summed E-state index contributed by atoms with van der Waals surface area (Å²) in [5.41, 5.74) is 0. The van der Waals surface area contributed by atoms with Crippen molar-refractivity contribution in [1.82, 2.24) is 9.62 Å². The van der Waals surface area contributed by atoms with Crippen LogP contribution in [0, 0.1) is 11.8 Å². The minimum atomic E-state index is -3.02. The Hall–Kier alpha value is -0.130. The molecule has 0 radical (unpaired) electrons. The van der Waals surface area contributed by atoms with Crippen LogP contribution in [0.25, 0.3) is 0 Å². The molecule has 1 N–H and O–H groups in total. The molecule has 17 heavy (non-hydrogen) atoms. The highest BCUT2D eigenvalue weighted by Crippen LogP contribution is 2.27. The van der Waals surface area contributed by atoms with E-state index in [4.69, 9.17) is 0 Å². The Morgan fingerprint density at radius 2 is 2.12 bits per heavy atom. The van der Waals surface area contributed by atoms with Crippen molar-refractivity contribution in [3.8, 4) is 0 Å². The zero-order chi connectivity index (χ0) is 12.5. The minimum absolute atomic E-state index is 0.310. The van der Waals surface area contributed by atoms with Crippen LogP contribution in [0.2, 0.25) is 0 Å². The van der Waals surface area contributed by atoms with Crippen LogP contribution < -0.4 is 5.32 Å². The fraction of sp³-hybridized carbons (Fsp3) is 1.00. The summed E-state index contributed by atoms with van der Waals surface area (Å²) in [7, 11) is -3.02. The van der Waals surface area contributed by atoms with Gasteiger partial charge >= 0.3 is 0 Å². The first kappa shape index (κ1) is 13.3. The predicted molar refractivity (Wildman–Crippen MR) is 69.3 cm³/mol. The third kappa shape index (κ3) is 3.20. The lowest BCUT2D eigenvalue weighted by Crippen LogP contribution is -2.41. The van der Waals surface area contributed by atoms with Gasteiger partial charge < -0.3 is 5.32 Å². The molecule has 2 aliphatic heterocycles. The van der Waals surface area contributed by atoms with Gasteiger partial charge in [-0.15, -0.1) is 0 Å². The second kappa shape index (κ2) is 5.24. The average Bonchev–Trinajstić information content (AvgIpc) is 2.71. The van der Waals surface area contributed by atoms with Gasteiger partial charge in [-0.1, -0.05) is 13.8 Å². The Kier molecular flexibility index (Phi) is 4.10. The summed E-state index contributed by atoms with van der Waals surface area (Å²) in [5.74, 6) is 1.30. The number of piperidine rings is 1. The third-order valence-corrected chi connectivity index (χ3v) is 5.75. The van der Waals surface area contributed by atoms with Gasteiger partial charge in [0.1, 0.15) is 0 Å². The van der Waals surface area contributed by atoms with Gasteiger partial charge in [0.25, 0.3) is 0 Å². The van der Waals surface area contributed by atoms with Gasteiger partial charge in [-0.05, 0) is 37.6 Å². The predicted octanol–water partition coefficient (Wildman–Crippen LogP) is 1.05. The van der Waals surface area contributed by atoms with Crippen molar-refractivity contribution < 1.29 is 8.42 Å². The van der Waals surface area contributed by atoms with Crippen LogP contribution in [0.1, 0.15) is 33.1 Å². The number of nitrogens with one attached hydrogen (secondary N) is 1. The molecular formula is C12H24N2O2S. The van der Waals surface area contributed by atoms with E-state index < -0.39 is 10.0 Å². The maximum Gasteiger partial charge on any atom is 0.214 e. The maximum atomic E-state index is 12.2. The van der Waals surface area contributed by atoms with Crippen molar-refractivity contribution in [2.45, 2.75) is 39.2 Å². The third-order valence-electron chi connectivity index (χ3n) is 3.91. The topological polar surface area (TPSA) is 49.4 Å². The normalized spacial score (nSPS) is 30.8. The number of fused-ring (bicyclic) bond motifs is 1. The van der Waals surface area contributed by atoms with Gasteiger partial charge in [-0.25, -0.2) is 12.7 Å². The minimum Gasteiger partial charge on any atom is -0.312 e. The van der Waals surface area contributed by atoms with Crippen LogP contribution in [0.5, 0.6) is 0 Å². The fourth-order valence-electron chi connectivity index (χ4n) is 2.75. The van der Waals surface area contributed by atoms with E-state index in [0.29, 0.717) is 30.2 Å². The summed E-state index contributed by atoms with van der Waals surface area (Å²) in [4.78, 5) is 0. The van der Waals surface area contributed by atoms with E-state index in [2.05, 4.69) is 19.2 Å². The average molecular weight is 260 g/mol. The van der Waals surface area contributed by atoms with E-state index >= 15 is 0 Å². The van der Waals surface area contributed by atoms with Crippen LogP contribution >= 0.6 is 0 Å². The summed E-state index contributed by atoms with van der Waals surface area (Å²) in [5, 5.41) is 3.44. The molecule has 100 valence electrons. The van der Waals surface area contributed by atoms with Gasteiger partial charge in [0.05, 0.1) is 5.75 Å². The highest BCUT2D eigenvalue weighted by Gasteiger charge is 2.39. The number of hydrogen-bond acceptors (Lipinski definition) is 3. The zero-order valence-electron chi connectivity index (χ0n) is 10.9. The SMILES string of the molecule is CC(C)CCS(=O)(=O)N1C[C@@H]2CCCN[C@@H]2C1. The Labute approximate surface area is 105 Å². The van der Waals surface area contributed by atoms with Crippen LogP contribution in [0.15, 0.2) is 0 Å². The molecular weight excluding hydrogens is 236 g/mol. The molecule has 0 spiro atoms. The molecule has 2 rings (SSSR count). The van der Waals surface area contributed by atoms with Crippen LogP contribution in [0.3, 0.4) is 0 Å². The van der Waals surface area contributed by atoms with Crippen LogP contribution in [-0.4, -0.2) is 44.2 Å². The number of rotatable bonds is 4. The molecule has 5 heteroatoms. The second-order valence-corrected chi connectivity index (χ2v) is 7.87. The standard InChI is InChI=1S/C12H24N2O2S/c1-10(2)5-7-17(15,16)14-8-11-4-3-6-13-12(11)9-14/h10-13H,3-9H2,1-2H3/t11-,12+/m0/s1. The Balaban J connectivity index is 1.94. The maximum absolute atomic E-state index is 12.2. The first-order chi connectivity index (χ1) is 7.99. The Morgan fingerprint density at radius 3 is 2.76 bits per heavy atom. The number of hydrogen-bond donors (Lipinski definition) is 1. The molecule has 0 aromatic rings. The van der Waals surface area contributed by atoms with Crippen molar-refractivity contribution in [2.24, 2.45) is 11.8 Å². The van der Waals surface area contributed by atoms with Crippen molar-refractivity contribution in [3.05, 3.63) is 0 Å². The zero-order valence-corrected chi connectivity index (χ0v) is 11.7. The van der Waals surface area contributed by atoms with E-state index in [1.54, 1.807) is 4.31 Å². The lowest BCUT2D eigenvalue weighted by atomic mass is 9.94. The number of sulfonamides is 1. The van der Waals surface area contributed by atoms with E-state index in [9.17, 15) is 8.42 Å². The van der Waals surface area contributed by atoms with Crippen molar-refractivity contribution >= 4 is 10.0 Å². The van der Waals surface area contributed by atoms with E-state index in [0.717, 1.165) is 19.5 Å². The summed E-state index contributed by atoms with van der Waals surface area (Å²) in [6.45, 7) is 6.60. The fourth-order valence-corrected chi connectivity index (χ4v) is 4.58. The molecule has 0 aliphatic carbocycles. The summed E-state index contributed by atoms with van der Waals surface area (Å²) in [6.07, 6.45) is 3.12. The van der Waals surface area contributed by atoms with Crippen LogP contribution in [-0.2, 0) is 10.0 Å². The van der Waals surface area contributed by atoms with E-state index in [1.165, 1.54) is 12.8 Å². The van der Waals surface area contributed by atoms with E-state index in [1.807, 2.05) is 0 Å².